The summed E-state index contributed by atoms with van der Waals surface area (Å²) in [6, 6.07) is 8.00. The number of hydrogen-bond donors (Lipinski definition) is 1. The number of carbonyl (C=O) groups is 1. The number of nitrogens with one attached hydrogen (secondary N) is 1. The summed E-state index contributed by atoms with van der Waals surface area (Å²) in [5.41, 5.74) is 0.814. The van der Waals surface area contributed by atoms with Crippen LogP contribution in [0.3, 0.4) is 0 Å². The highest BCUT2D eigenvalue weighted by Gasteiger charge is 2.27. The Labute approximate surface area is 171 Å². The molecule has 1 aromatic carbocycles. The molecule has 2 heterocycles. The first-order chi connectivity index (χ1) is 11.6. The first-order valence-electron chi connectivity index (χ1n) is 8.28. The lowest BCUT2D eigenvalue weighted by Gasteiger charge is -2.38. The molecule has 1 aromatic heterocycles. The van der Waals surface area contributed by atoms with Gasteiger partial charge in [0.1, 0.15) is 0 Å². The van der Waals surface area contributed by atoms with Crippen LogP contribution in [-0.4, -0.2) is 41.0 Å². The van der Waals surface area contributed by atoms with Crippen molar-refractivity contribution in [2.24, 2.45) is 0 Å². The van der Waals surface area contributed by atoms with Gasteiger partial charge in [-0.05, 0) is 26.0 Å². The lowest BCUT2D eigenvalue weighted by molar-refractivity contribution is -0.134. The minimum absolute atomic E-state index is 0. The Morgan fingerprint density at radius 1 is 1.35 bits per heavy atom. The molecule has 2 aromatic rings. The number of benzene rings is 1. The lowest BCUT2D eigenvalue weighted by Crippen LogP contribution is -2.57. The van der Waals surface area contributed by atoms with Crippen LogP contribution in [0.15, 0.2) is 34.9 Å². The van der Waals surface area contributed by atoms with Crippen LogP contribution in [0.2, 0.25) is 5.02 Å². The minimum Gasteiger partial charge on any atom is -0.441 e. The van der Waals surface area contributed by atoms with E-state index in [0.29, 0.717) is 35.6 Å². The van der Waals surface area contributed by atoms with Gasteiger partial charge in [0.25, 0.3) is 0 Å². The molecule has 0 bridgehead atoms. The van der Waals surface area contributed by atoms with Crippen molar-refractivity contribution in [1.29, 1.82) is 0 Å². The number of rotatable bonds is 4. The number of hydrogen-bond acceptors (Lipinski definition) is 4. The van der Waals surface area contributed by atoms with Crippen molar-refractivity contribution < 1.29 is 9.21 Å². The molecule has 1 N–H and O–H groups in total. The topological polar surface area (TPSA) is 58.4 Å². The molecule has 5 nitrogen and oxygen atoms in total. The summed E-state index contributed by atoms with van der Waals surface area (Å²) in [5.74, 6) is 1.34. The first kappa shape index (κ1) is 22.8. The van der Waals surface area contributed by atoms with E-state index < -0.39 is 0 Å². The summed E-state index contributed by atoms with van der Waals surface area (Å²) in [7, 11) is 0. The van der Waals surface area contributed by atoms with Crippen LogP contribution >= 0.6 is 36.4 Å². The molecule has 1 saturated heterocycles. The van der Waals surface area contributed by atoms with E-state index in [1.54, 1.807) is 6.20 Å². The largest absolute Gasteiger partial charge is 0.441 e. The van der Waals surface area contributed by atoms with E-state index >= 15 is 0 Å². The van der Waals surface area contributed by atoms with Crippen molar-refractivity contribution in [3.05, 3.63) is 41.4 Å². The number of aromatic nitrogens is 1. The predicted octanol–water partition coefficient (Wildman–Crippen LogP) is 3.98. The first-order valence-corrected chi connectivity index (χ1v) is 8.66. The van der Waals surface area contributed by atoms with Crippen LogP contribution in [0.4, 0.5) is 0 Å². The third kappa shape index (κ3) is 5.13. The van der Waals surface area contributed by atoms with Gasteiger partial charge in [-0.15, -0.1) is 24.8 Å². The number of aryl methyl sites for hydroxylation is 1. The molecule has 0 radical (unpaired) electrons. The third-order valence-electron chi connectivity index (χ3n) is 4.60. The van der Waals surface area contributed by atoms with Crippen LogP contribution in [0, 0.1) is 0 Å². The molecule has 0 spiro atoms. The molecule has 2 unspecified atom stereocenters. The minimum atomic E-state index is 0. The van der Waals surface area contributed by atoms with E-state index in [-0.39, 0.29) is 36.8 Å². The van der Waals surface area contributed by atoms with E-state index in [9.17, 15) is 4.79 Å². The summed E-state index contributed by atoms with van der Waals surface area (Å²) in [4.78, 5) is 18.7. The van der Waals surface area contributed by atoms with Crippen molar-refractivity contribution in [2.75, 3.05) is 13.1 Å². The predicted molar refractivity (Wildman–Crippen MR) is 108 cm³/mol. The van der Waals surface area contributed by atoms with E-state index in [1.165, 1.54) is 0 Å². The number of amides is 1. The average Bonchev–Trinajstić information content (AvgIpc) is 3.04. The highest BCUT2D eigenvalue weighted by atomic mass is 35.5. The van der Waals surface area contributed by atoms with Crippen LogP contribution < -0.4 is 5.32 Å². The molecule has 26 heavy (non-hydrogen) atoms. The summed E-state index contributed by atoms with van der Waals surface area (Å²) < 4.78 is 5.76. The van der Waals surface area contributed by atoms with Gasteiger partial charge in [0.05, 0.1) is 11.2 Å². The lowest BCUT2D eigenvalue weighted by atomic mass is 10.1. The molecule has 2 atom stereocenters. The molecule has 1 amide bonds. The van der Waals surface area contributed by atoms with Crippen molar-refractivity contribution in [1.82, 2.24) is 15.2 Å². The van der Waals surface area contributed by atoms with E-state index in [2.05, 4.69) is 24.1 Å². The number of nitrogens with zero attached hydrogens (tertiary/aromatic N) is 2. The molecule has 8 heteroatoms. The highest BCUT2D eigenvalue weighted by Crippen LogP contribution is 2.28. The molecule has 1 aliphatic rings. The monoisotopic (exact) mass is 419 g/mol. The van der Waals surface area contributed by atoms with Gasteiger partial charge in [-0.2, -0.15) is 0 Å². The zero-order valence-corrected chi connectivity index (χ0v) is 17.2. The fourth-order valence-corrected chi connectivity index (χ4v) is 3.21. The standard InChI is InChI=1S/C18H22ClN3O2.2ClH/c1-12-13(2)22(10-9-20-12)18(23)8-7-17-21-11-16(24-17)14-5-3-4-6-15(14)19;;/h3-6,11-13,20H,7-10H2,1-2H3;2*1H. The summed E-state index contributed by atoms with van der Waals surface area (Å²) in [5, 5.41) is 4.00. The Hall–Kier alpha value is -1.27. The molecule has 1 aliphatic heterocycles. The van der Waals surface area contributed by atoms with Gasteiger partial charge in [0.15, 0.2) is 11.7 Å². The van der Waals surface area contributed by atoms with E-state index in [0.717, 1.165) is 18.7 Å². The summed E-state index contributed by atoms with van der Waals surface area (Å²) >= 11 is 6.17. The number of piperazine rings is 1. The Kier molecular flexibility index (Phi) is 8.90. The summed E-state index contributed by atoms with van der Waals surface area (Å²) in [6.07, 6.45) is 2.56. The molecular weight excluding hydrogens is 397 g/mol. The molecule has 3 rings (SSSR count). The second kappa shape index (κ2) is 10.2. The Morgan fingerprint density at radius 2 is 2.08 bits per heavy atom. The third-order valence-corrected chi connectivity index (χ3v) is 4.93. The van der Waals surface area contributed by atoms with Gasteiger partial charge >= 0.3 is 0 Å². The Balaban J connectivity index is 0.00000169. The fraction of sp³-hybridized carbons (Fsp3) is 0.444. The van der Waals surface area contributed by atoms with Gasteiger partial charge in [0, 0.05) is 43.6 Å². The Morgan fingerprint density at radius 3 is 2.81 bits per heavy atom. The summed E-state index contributed by atoms with van der Waals surface area (Å²) in [6.45, 7) is 5.77. The quantitative estimate of drug-likeness (QED) is 0.813. The SMILES string of the molecule is CC1NCCN(C(=O)CCc2ncc(-c3ccccc3Cl)o2)C1C.Cl.Cl. The van der Waals surface area contributed by atoms with Crippen LogP contribution in [-0.2, 0) is 11.2 Å². The van der Waals surface area contributed by atoms with Gasteiger partial charge in [-0.1, -0.05) is 23.7 Å². The average molecular weight is 421 g/mol. The van der Waals surface area contributed by atoms with Crippen LogP contribution in [0.5, 0.6) is 0 Å². The smallest absolute Gasteiger partial charge is 0.223 e. The maximum absolute atomic E-state index is 12.5. The zero-order chi connectivity index (χ0) is 17.1. The highest BCUT2D eigenvalue weighted by molar-refractivity contribution is 6.33. The maximum Gasteiger partial charge on any atom is 0.223 e. The van der Waals surface area contributed by atoms with Crippen LogP contribution in [0.25, 0.3) is 11.3 Å². The van der Waals surface area contributed by atoms with Gasteiger partial charge < -0.3 is 14.6 Å². The van der Waals surface area contributed by atoms with Gasteiger partial charge in [-0.3, -0.25) is 4.79 Å². The van der Waals surface area contributed by atoms with Crippen LogP contribution in [0.1, 0.15) is 26.2 Å². The van der Waals surface area contributed by atoms with Gasteiger partial charge in [0.2, 0.25) is 5.91 Å². The second-order valence-corrected chi connectivity index (χ2v) is 6.58. The molecule has 1 fully saturated rings. The Bertz CT molecular complexity index is 723. The molecular formula is C18H24Cl3N3O2. The van der Waals surface area contributed by atoms with Crippen molar-refractivity contribution >= 4 is 42.3 Å². The van der Waals surface area contributed by atoms with Gasteiger partial charge in [-0.25, -0.2) is 4.98 Å². The number of carbonyl (C=O) groups excluding carboxylic acids is 1. The van der Waals surface area contributed by atoms with Crippen molar-refractivity contribution in [2.45, 2.75) is 38.8 Å². The maximum atomic E-state index is 12.5. The molecule has 0 aliphatic carbocycles. The second-order valence-electron chi connectivity index (χ2n) is 6.17. The molecule has 144 valence electrons. The normalized spacial score (nSPS) is 19.4. The zero-order valence-electron chi connectivity index (χ0n) is 14.8. The number of oxazole rings is 1. The van der Waals surface area contributed by atoms with Crippen molar-refractivity contribution in [3.63, 3.8) is 0 Å². The fourth-order valence-electron chi connectivity index (χ4n) is 2.98. The van der Waals surface area contributed by atoms with Crippen molar-refractivity contribution in [3.8, 4) is 11.3 Å². The van der Waals surface area contributed by atoms with E-state index in [4.69, 9.17) is 16.0 Å². The van der Waals surface area contributed by atoms with E-state index in [1.807, 2.05) is 29.2 Å². The number of halogens is 3. The molecule has 0 saturated carbocycles.